The van der Waals surface area contributed by atoms with Gasteiger partial charge in [-0.15, -0.1) is 0 Å². The fourth-order valence-electron chi connectivity index (χ4n) is 5.47. The smallest absolute Gasteiger partial charge is 0.272 e. The number of halogens is 3. The van der Waals surface area contributed by atoms with Crippen LogP contribution >= 0.6 is 47.8 Å². The van der Waals surface area contributed by atoms with Gasteiger partial charge in [0.05, 0.1) is 23.3 Å². The Bertz CT molecular complexity index is 1170. The van der Waals surface area contributed by atoms with Crippen LogP contribution in [0.4, 0.5) is 5.69 Å². The third kappa shape index (κ3) is 3.72. The van der Waals surface area contributed by atoms with E-state index in [4.69, 9.17) is 0 Å². The molecule has 1 saturated heterocycles. The first-order valence-corrected chi connectivity index (χ1v) is 13.3. The fourth-order valence-corrected chi connectivity index (χ4v) is 7.61. The van der Waals surface area contributed by atoms with Crippen molar-refractivity contribution in [3.8, 4) is 0 Å². The van der Waals surface area contributed by atoms with Crippen molar-refractivity contribution in [2.75, 3.05) is 0 Å². The first-order valence-electron chi connectivity index (χ1n) is 10.7. The van der Waals surface area contributed by atoms with Crippen LogP contribution in [0.1, 0.15) is 22.3 Å². The molecular formula is C23H18Br3N3O5. The Labute approximate surface area is 220 Å². The number of hydrazine groups is 1. The number of benzene rings is 2. The summed E-state index contributed by atoms with van der Waals surface area (Å²) in [6.45, 7) is -0.0312. The number of hydrogen-bond donors (Lipinski definition) is 0. The summed E-state index contributed by atoms with van der Waals surface area (Å²) >= 11 is 10.7. The van der Waals surface area contributed by atoms with E-state index in [1.165, 1.54) is 18.2 Å². The Morgan fingerprint density at radius 3 is 2.18 bits per heavy atom. The van der Waals surface area contributed by atoms with Crippen LogP contribution in [-0.2, 0) is 16.1 Å². The van der Waals surface area contributed by atoms with Crippen molar-refractivity contribution in [3.05, 3.63) is 74.2 Å². The number of nitro benzene ring substituents is 1. The molecule has 0 unspecified atom stereocenters. The van der Waals surface area contributed by atoms with Crippen LogP contribution in [0.5, 0.6) is 0 Å². The lowest BCUT2D eigenvalue weighted by molar-refractivity contribution is -0.384. The largest absolute Gasteiger partial charge is 0.273 e. The molecule has 1 aliphatic heterocycles. The number of non-ortho nitro benzene ring substituents is 1. The quantitative estimate of drug-likeness (QED) is 0.201. The average molecular weight is 656 g/mol. The summed E-state index contributed by atoms with van der Waals surface area (Å²) < 4.78 is 0.846. The van der Waals surface area contributed by atoms with Gasteiger partial charge < -0.3 is 0 Å². The number of amides is 3. The summed E-state index contributed by atoms with van der Waals surface area (Å²) in [4.78, 5) is 51.6. The summed E-state index contributed by atoms with van der Waals surface area (Å²) in [6, 6.07) is 12.5. The van der Waals surface area contributed by atoms with Crippen molar-refractivity contribution >= 4 is 71.2 Å². The van der Waals surface area contributed by atoms with Crippen LogP contribution in [0.25, 0.3) is 0 Å². The van der Waals surface area contributed by atoms with E-state index in [1.54, 1.807) is 24.3 Å². The van der Waals surface area contributed by atoms with E-state index in [1.807, 2.05) is 0 Å². The molecule has 6 atom stereocenters. The van der Waals surface area contributed by atoms with E-state index < -0.39 is 22.7 Å². The maximum absolute atomic E-state index is 13.6. The second-order valence-corrected chi connectivity index (χ2v) is 11.8. The molecule has 2 saturated carbocycles. The van der Waals surface area contributed by atoms with Gasteiger partial charge in [-0.2, -0.15) is 5.01 Å². The maximum Gasteiger partial charge on any atom is 0.273 e. The van der Waals surface area contributed by atoms with Gasteiger partial charge in [0.25, 0.3) is 23.4 Å². The Morgan fingerprint density at radius 2 is 1.62 bits per heavy atom. The second-order valence-electron chi connectivity index (χ2n) is 8.79. The van der Waals surface area contributed by atoms with Crippen LogP contribution in [0, 0.1) is 33.8 Å². The Balaban J connectivity index is 1.53. The minimum atomic E-state index is -0.647. The highest BCUT2D eigenvalue weighted by molar-refractivity contribution is 9.12. The first kappa shape index (κ1) is 23.6. The molecule has 3 fully saturated rings. The third-order valence-electron chi connectivity index (χ3n) is 6.99. The number of imide groups is 1. The lowest BCUT2D eigenvalue weighted by Crippen LogP contribution is -2.50. The molecular weight excluding hydrogens is 638 g/mol. The third-order valence-corrected chi connectivity index (χ3v) is 10.7. The van der Waals surface area contributed by atoms with Crippen LogP contribution in [0.3, 0.4) is 0 Å². The van der Waals surface area contributed by atoms with E-state index in [-0.39, 0.29) is 51.1 Å². The van der Waals surface area contributed by atoms with Gasteiger partial charge in [-0.25, -0.2) is 5.01 Å². The number of carbonyl (C=O) groups excluding carboxylic acids is 3. The van der Waals surface area contributed by atoms with Gasteiger partial charge in [0.2, 0.25) is 0 Å². The molecule has 3 aliphatic rings. The predicted octanol–water partition coefficient (Wildman–Crippen LogP) is 4.69. The van der Waals surface area contributed by atoms with E-state index in [2.05, 4.69) is 47.8 Å². The molecule has 2 aromatic carbocycles. The number of nitrogens with zero attached hydrogens (tertiary/aromatic N) is 3. The van der Waals surface area contributed by atoms with Crippen LogP contribution in [-0.4, -0.2) is 42.3 Å². The van der Waals surface area contributed by atoms with Gasteiger partial charge in [-0.1, -0.05) is 66.0 Å². The van der Waals surface area contributed by atoms with Crippen LogP contribution in [0.15, 0.2) is 53.0 Å². The van der Waals surface area contributed by atoms with Crippen molar-refractivity contribution in [2.24, 2.45) is 23.7 Å². The molecule has 0 aromatic heterocycles. The molecule has 5 rings (SSSR count). The monoisotopic (exact) mass is 653 g/mol. The van der Waals surface area contributed by atoms with Crippen molar-refractivity contribution in [2.45, 2.75) is 22.6 Å². The number of nitro groups is 1. The van der Waals surface area contributed by atoms with Crippen molar-refractivity contribution in [3.63, 3.8) is 0 Å². The summed E-state index contributed by atoms with van der Waals surface area (Å²) in [5.74, 6) is -2.38. The average Bonchev–Trinajstić information content (AvgIpc) is 3.43. The van der Waals surface area contributed by atoms with E-state index in [9.17, 15) is 24.5 Å². The van der Waals surface area contributed by atoms with Gasteiger partial charge in [0, 0.05) is 31.8 Å². The minimum Gasteiger partial charge on any atom is -0.272 e. The molecule has 3 amide bonds. The summed E-state index contributed by atoms with van der Waals surface area (Å²) in [7, 11) is 0. The Kier molecular flexibility index (Phi) is 6.14. The first-order chi connectivity index (χ1) is 16.2. The molecule has 0 N–H and O–H groups in total. The highest BCUT2D eigenvalue weighted by Crippen LogP contribution is 2.60. The SMILES string of the molecule is O=C(c1cccc([N+](=O)[O-])c1)N(Cc1ccc(Br)cc1)N1C(=O)[C@@H]2[C@H]3C[C@@H]([C@@H](Br)[C@H]3Br)[C@H]2C1=O. The highest BCUT2D eigenvalue weighted by atomic mass is 79.9. The Morgan fingerprint density at radius 1 is 1.03 bits per heavy atom. The number of alkyl halides is 2. The highest BCUT2D eigenvalue weighted by Gasteiger charge is 2.67. The standard InChI is InChI=1S/C23H18Br3N3O5/c24-13-6-4-11(5-7-13)10-27(21(30)12-2-1-3-14(8-12)29(33)34)28-22(31)17-15-9-16(18(17)23(28)32)20(26)19(15)25/h1-8,15-20H,9-10H2/t15-,16-,17-,18-,19-,20+/m1/s1. The van der Waals surface area contributed by atoms with Crippen LogP contribution < -0.4 is 0 Å². The molecule has 0 spiro atoms. The topological polar surface area (TPSA) is 101 Å². The molecule has 176 valence electrons. The van der Waals surface area contributed by atoms with E-state index >= 15 is 0 Å². The van der Waals surface area contributed by atoms with Crippen LogP contribution in [0.2, 0.25) is 0 Å². The zero-order valence-electron chi connectivity index (χ0n) is 17.5. The second kappa shape index (κ2) is 8.83. The summed E-state index contributed by atoms with van der Waals surface area (Å²) in [6.07, 6.45) is 0.776. The lowest BCUT2D eigenvalue weighted by atomic mass is 9.81. The van der Waals surface area contributed by atoms with Gasteiger partial charge in [0.1, 0.15) is 0 Å². The predicted molar refractivity (Wildman–Crippen MR) is 133 cm³/mol. The van der Waals surface area contributed by atoms with Gasteiger partial charge in [-0.05, 0) is 42.0 Å². The number of hydrogen-bond acceptors (Lipinski definition) is 5. The molecule has 34 heavy (non-hydrogen) atoms. The molecule has 1 heterocycles. The molecule has 2 aliphatic carbocycles. The molecule has 8 nitrogen and oxygen atoms in total. The lowest BCUT2D eigenvalue weighted by Gasteiger charge is -2.31. The van der Waals surface area contributed by atoms with E-state index in [0.717, 1.165) is 27.0 Å². The van der Waals surface area contributed by atoms with Crippen molar-refractivity contribution < 1.29 is 19.3 Å². The van der Waals surface area contributed by atoms with E-state index in [0.29, 0.717) is 5.56 Å². The number of fused-ring (bicyclic) bond motifs is 5. The Hall–Kier alpha value is -2.11. The molecule has 2 bridgehead atoms. The summed E-state index contributed by atoms with van der Waals surface area (Å²) in [5.41, 5.74) is 0.496. The zero-order valence-corrected chi connectivity index (χ0v) is 22.3. The maximum atomic E-state index is 13.6. The minimum absolute atomic E-state index is 0.00303. The van der Waals surface area contributed by atoms with Crippen molar-refractivity contribution in [1.82, 2.24) is 10.0 Å². The fraction of sp³-hybridized carbons (Fsp3) is 0.348. The number of carbonyl (C=O) groups is 3. The summed E-state index contributed by atoms with van der Waals surface area (Å²) in [5, 5.41) is 13.4. The van der Waals surface area contributed by atoms with Crippen molar-refractivity contribution in [1.29, 1.82) is 0 Å². The number of rotatable bonds is 5. The molecule has 2 aromatic rings. The normalized spacial score (nSPS) is 29.4. The van der Waals surface area contributed by atoms with Gasteiger partial charge in [0.15, 0.2) is 0 Å². The van der Waals surface area contributed by atoms with Gasteiger partial charge in [-0.3, -0.25) is 24.5 Å². The van der Waals surface area contributed by atoms with Gasteiger partial charge >= 0.3 is 0 Å². The molecule has 11 heteroatoms. The zero-order chi connectivity index (χ0) is 24.3. The molecule has 0 radical (unpaired) electrons.